The zero-order valence-corrected chi connectivity index (χ0v) is 20.7. The molecule has 0 saturated carbocycles. The van der Waals surface area contributed by atoms with Gasteiger partial charge in [0.25, 0.3) is 0 Å². The lowest BCUT2D eigenvalue weighted by Gasteiger charge is -2.42. The Morgan fingerprint density at radius 3 is 2.67 bits per heavy atom. The number of H-pyrrole nitrogens is 1. The van der Waals surface area contributed by atoms with Gasteiger partial charge < -0.3 is 14.6 Å². The molecule has 3 aromatic rings. The van der Waals surface area contributed by atoms with E-state index in [1.165, 1.54) is 6.92 Å². The molecule has 1 aromatic heterocycles. The predicted molar refractivity (Wildman–Crippen MR) is 142 cm³/mol. The number of carbonyl (C=O) groups excluding carboxylic acids is 1. The van der Waals surface area contributed by atoms with Crippen LogP contribution >= 0.6 is 0 Å². The van der Waals surface area contributed by atoms with Crippen molar-refractivity contribution in [1.82, 2.24) is 9.88 Å². The van der Waals surface area contributed by atoms with Crippen molar-refractivity contribution in [1.29, 1.82) is 5.26 Å². The quantitative estimate of drug-likeness (QED) is 0.577. The van der Waals surface area contributed by atoms with Crippen LogP contribution in [0.5, 0.6) is 0 Å². The van der Waals surface area contributed by atoms with E-state index in [9.17, 15) is 10.1 Å². The van der Waals surface area contributed by atoms with Crippen molar-refractivity contribution in [2.45, 2.75) is 51.4 Å². The van der Waals surface area contributed by atoms with Gasteiger partial charge in [0, 0.05) is 71.0 Å². The third-order valence-electron chi connectivity index (χ3n) is 8.17. The number of rotatable bonds is 3. The molecule has 2 aromatic carbocycles. The Balaban J connectivity index is 1.47. The molecule has 1 aliphatic carbocycles. The second-order valence-electron chi connectivity index (χ2n) is 10.2. The normalized spacial score (nSPS) is 22.2. The van der Waals surface area contributed by atoms with Crippen molar-refractivity contribution < 1.29 is 15.0 Å². The Hall–Kier alpha value is -3.14. The number of benzene rings is 2. The summed E-state index contributed by atoms with van der Waals surface area (Å²) in [4.78, 5) is 22.1. The number of hydrogen-bond acceptors (Lipinski definition) is 5. The number of ether oxygens (including phenoxy) is 1. The SMILES string of the molecule is [2H]CC1(C[2H])c2cc(N3CCC(N4CCOCC4)CC3)c(C([2H])([2H])C)cc2C(=O)c2c1[nH]c1cc(C#N)ccc21. The van der Waals surface area contributed by atoms with Crippen LogP contribution in [0.15, 0.2) is 30.3 Å². The number of ketones is 1. The van der Waals surface area contributed by atoms with E-state index in [0.29, 0.717) is 50.5 Å². The number of aromatic amines is 1. The number of aromatic nitrogens is 1. The van der Waals surface area contributed by atoms with Gasteiger partial charge in [0.1, 0.15) is 0 Å². The lowest BCUT2D eigenvalue weighted by atomic mass is 9.70. The van der Waals surface area contributed by atoms with Crippen LogP contribution in [0.2, 0.25) is 0 Å². The van der Waals surface area contributed by atoms with Crippen LogP contribution in [0, 0.1) is 11.3 Å². The smallest absolute Gasteiger partial charge is 0.195 e. The largest absolute Gasteiger partial charge is 0.379 e. The zero-order chi connectivity index (χ0) is 28.2. The highest BCUT2D eigenvalue weighted by Crippen LogP contribution is 2.46. The summed E-state index contributed by atoms with van der Waals surface area (Å²) in [7, 11) is 0. The van der Waals surface area contributed by atoms with Gasteiger partial charge in [0.2, 0.25) is 0 Å². The van der Waals surface area contributed by atoms with Gasteiger partial charge in [-0.2, -0.15) is 5.26 Å². The van der Waals surface area contributed by atoms with Gasteiger partial charge in [-0.15, -0.1) is 0 Å². The number of anilines is 1. The summed E-state index contributed by atoms with van der Waals surface area (Å²) in [5.41, 5.74) is 3.17. The fraction of sp³-hybridized carbons (Fsp3) is 0.467. The minimum atomic E-state index is -1.70. The first-order valence-corrected chi connectivity index (χ1v) is 12.7. The zero-order valence-electron chi connectivity index (χ0n) is 24.7. The maximum Gasteiger partial charge on any atom is 0.195 e. The number of morpholine rings is 1. The standard InChI is InChI=1S/C30H34N4O2/c1-4-20-16-23-24(17-26(20)34-9-7-21(8-10-34)33-11-13-36-14-12-33)30(2,3)29-27(28(23)35)22-6-5-19(18-31)15-25(22)32-29/h5-6,15-17,21,32H,4,7-14H2,1-3H3/i2D,3D,4D2. The fourth-order valence-electron chi connectivity index (χ4n) is 6.18. The van der Waals surface area contributed by atoms with Crippen molar-refractivity contribution in [2.24, 2.45) is 0 Å². The van der Waals surface area contributed by atoms with Gasteiger partial charge >= 0.3 is 0 Å². The van der Waals surface area contributed by atoms with Gasteiger partial charge in [0.05, 0.1) is 30.4 Å². The number of nitriles is 1. The highest BCUT2D eigenvalue weighted by molar-refractivity contribution is 6.20. The van der Waals surface area contributed by atoms with Gasteiger partial charge in [-0.3, -0.25) is 9.69 Å². The predicted octanol–water partition coefficient (Wildman–Crippen LogP) is 4.77. The fourth-order valence-corrected chi connectivity index (χ4v) is 6.18. The summed E-state index contributed by atoms with van der Waals surface area (Å²) < 4.78 is 40.2. The van der Waals surface area contributed by atoms with Crippen molar-refractivity contribution in [3.63, 3.8) is 0 Å². The molecule has 2 saturated heterocycles. The van der Waals surface area contributed by atoms with E-state index >= 15 is 0 Å². The molecule has 3 heterocycles. The summed E-state index contributed by atoms with van der Waals surface area (Å²) in [6.45, 7) is 6.16. The molecule has 0 unspecified atom stereocenters. The van der Waals surface area contributed by atoms with E-state index in [1.807, 2.05) is 6.07 Å². The molecule has 0 atom stereocenters. The molecule has 0 spiro atoms. The van der Waals surface area contributed by atoms with Gasteiger partial charge in [-0.05, 0) is 54.6 Å². The molecule has 0 bridgehead atoms. The molecule has 0 amide bonds. The van der Waals surface area contributed by atoms with Gasteiger partial charge in [-0.25, -0.2) is 0 Å². The van der Waals surface area contributed by atoms with Crippen LogP contribution in [0.4, 0.5) is 5.69 Å². The molecule has 2 aliphatic heterocycles. The first-order chi connectivity index (χ1) is 19.2. The van der Waals surface area contributed by atoms with E-state index in [-0.39, 0.29) is 19.6 Å². The minimum absolute atomic E-state index is 0.140. The average Bonchev–Trinajstić information content (AvgIpc) is 3.37. The average molecular weight is 487 g/mol. The number of nitrogens with zero attached hydrogens (tertiary/aromatic N) is 3. The van der Waals surface area contributed by atoms with Crippen LogP contribution in [-0.4, -0.2) is 61.1 Å². The highest BCUT2D eigenvalue weighted by atomic mass is 16.5. The van der Waals surface area contributed by atoms with E-state index in [1.54, 1.807) is 24.3 Å². The van der Waals surface area contributed by atoms with E-state index in [4.69, 9.17) is 10.2 Å². The number of fused-ring (bicyclic) bond motifs is 4. The monoisotopic (exact) mass is 486 g/mol. The van der Waals surface area contributed by atoms with Crippen molar-refractivity contribution >= 4 is 22.4 Å². The lowest BCUT2D eigenvalue weighted by Crippen LogP contribution is -2.49. The topological polar surface area (TPSA) is 72.4 Å². The van der Waals surface area contributed by atoms with Crippen LogP contribution in [0.1, 0.15) is 77.4 Å². The first kappa shape index (κ1) is 19.0. The Labute approximate surface area is 218 Å². The molecule has 3 aliphatic rings. The summed E-state index contributed by atoms with van der Waals surface area (Å²) in [6, 6.07) is 11.3. The maximum atomic E-state index is 14.1. The van der Waals surface area contributed by atoms with E-state index < -0.39 is 11.8 Å². The highest BCUT2D eigenvalue weighted by Gasteiger charge is 2.40. The summed E-state index contributed by atoms with van der Waals surface area (Å²) >= 11 is 0. The summed E-state index contributed by atoms with van der Waals surface area (Å²) in [5.74, 6) is -0.235. The molecule has 6 rings (SSSR count). The Morgan fingerprint density at radius 2 is 1.97 bits per heavy atom. The molecular weight excluding hydrogens is 448 g/mol. The number of piperidine rings is 1. The first-order valence-electron chi connectivity index (χ1n) is 15.1. The molecule has 0 radical (unpaired) electrons. The molecule has 186 valence electrons. The molecular formula is C30H34N4O2. The van der Waals surface area contributed by atoms with Crippen LogP contribution in [0.3, 0.4) is 0 Å². The van der Waals surface area contributed by atoms with Crippen molar-refractivity contribution in [2.75, 3.05) is 44.3 Å². The molecule has 36 heavy (non-hydrogen) atoms. The number of nitrogens with one attached hydrogen (secondary N) is 1. The Morgan fingerprint density at radius 1 is 1.19 bits per heavy atom. The molecule has 2 fully saturated rings. The Kier molecular flexibility index (Phi) is 4.63. The van der Waals surface area contributed by atoms with Crippen molar-refractivity contribution in [3.05, 3.63) is 63.8 Å². The summed E-state index contributed by atoms with van der Waals surface area (Å²) in [6.07, 6.45) is 0.216. The summed E-state index contributed by atoms with van der Waals surface area (Å²) in [5, 5.41) is 10.1. The van der Waals surface area contributed by atoms with Crippen LogP contribution in [0.25, 0.3) is 10.9 Å². The third kappa shape index (κ3) is 3.56. The lowest BCUT2D eigenvalue weighted by molar-refractivity contribution is 0.0115. The van der Waals surface area contributed by atoms with Crippen LogP contribution in [-0.2, 0) is 16.5 Å². The minimum Gasteiger partial charge on any atom is -0.379 e. The van der Waals surface area contributed by atoms with Crippen molar-refractivity contribution in [3.8, 4) is 6.07 Å². The number of carbonyl (C=O) groups is 1. The molecule has 6 heteroatoms. The molecule has 6 nitrogen and oxygen atoms in total. The van der Waals surface area contributed by atoms with Gasteiger partial charge in [0.15, 0.2) is 5.78 Å². The van der Waals surface area contributed by atoms with E-state index in [0.717, 1.165) is 57.9 Å². The second kappa shape index (κ2) is 8.76. The number of hydrogen-bond donors (Lipinski definition) is 1. The molecule has 1 N–H and O–H groups in total. The second-order valence-corrected chi connectivity index (χ2v) is 10.2. The maximum absolute atomic E-state index is 14.1. The van der Waals surface area contributed by atoms with Gasteiger partial charge in [-0.1, -0.05) is 26.8 Å². The van der Waals surface area contributed by atoms with Crippen LogP contribution < -0.4 is 4.90 Å². The Bertz CT molecular complexity index is 1500. The number of aryl methyl sites for hydroxylation is 1. The third-order valence-corrected chi connectivity index (χ3v) is 8.17. The van der Waals surface area contributed by atoms with E-state index in [2.05, 4.69) is 20.9 Å².